The van der Waals surface area contributed by atoms with Crippen LogP contribution in [0.4, 0.5) is 0 Å². The standard InChI is InChI=1S/C17H20O2/c1-4-11-5-3-8-16(18-8)10(5)13-9-6-2-7(15-14(6)19-15)12(9)17(4,11)13/h4-16H,2-3H2,1H3. The highest BCUT2D eigenvalue weighted by Crippen LogP contribution is 2.94. The van der Waals surface area contributed by atoms with E-state index in [-0.39, 0.29) is 0 Å². The summed E-state index contributed by atoms with van der Waals surface area (Å²) in [4.78, 5) is 0. The first-order chi connectivity index (χ1) is 9.33. The Labute approximate surface area is 113 Å². The van der Waals surface area contributed by atoms with Crippen LogP contribution >= 0.6 is 0 Å². The molecule has 8 aliphatic rings. The SMILES string of the molecule is CC1C2C3CC4OC4C3C3C4C5CC(C6OC56)C4C132. The lowest BCUT2D eigenvalue weighted by Gasteiger charge is -2.56. The van der Waals surface area contributed by atoms with Gasteiger partial charge in [0.2, 0.25) is 0 Å². The summed E-state index contributed by atoms with van der Waals surface area (Å²) in [5, 5.41) is 0. The summed E-state index contributed by atoms with van der Waals surface area (Å²) in [6.45, 7) is 2.59. The highest BCUT2D eigenvalue weighted by molar-refractivity contribution is 5.40. The molecule has 2 bridgehead atoms. The molecule has 6 saturated carbocycles. The fraction of sp³-hybridized carbons (Fsp3) is 1.00. The third-order valence-electron chi connectivity index (χ3n) is 9.56. The maximum absolute atomic E-state index is 6.00. The van der Waals surface area contributed by atoms with Crippen molar-refractivity contribution in [2.24, 2.45) is 58.7 Å². The molecule has 19 heavy (non-hydrogen) atoms. The first-order valence-electron chi connectivity index (χ1n) is 8.64. The minimum Gasteiger partial charge on any atom is -0.369 e. The molecular weight excluding hydrogens is 236 g/mol. The highest BCUT2D eigenvalue weighted by atomic mass is 16.6. The van der Waals surface area contributed by atoms with Gasteiger partial charge in [0.15, 0.2) is 0 Å². The third kappa shape index (κ3) is 0.615. The van der Waals surface area contributed by atoms with Gasteiger partial charge in [0.25, 0.3) is 0 Å². The molecular formula is C17H20O2. The monoisotopic (exact) mass is 256 g/mol. The van der Waals surface area contributed by atoms with E-state index >= 15 is 0 Å². The van der Waals surface area contributed by atoms with Crippen molar-refractivity contribution in [3.63, 3.8) is 0 Å². The molecule has 0 radical (unpaired) electrons. The zero-order chi connectivity index (χ0) is 11.8. The molecule has 8 rings (SSSR count). The molecule has 2 saturated heterocycles. The molecule has 0 aromatic carbocycles. The van der Waals surface area contributed by atoms with Crippen molar-refractivity contribution in [2.75, 3.05) is 0 Å². The summed E-state index contributed by atoms with van der Waals surface area (Å²) in [7, 11) is 0. The summed E-state index contributed by atoms with van der Waals surface area (Å²) >= 11 is 0. The van der Waals surface area contributed by atoms with Crippen LogP contribution in [0.25, 0.3) is 0 Å². The van der Waals surface area contributed by atoms with Gasteiger partial charge in [0.1, 0.15) is 0 Å². The van der Waals surface area contributed by atoms with Gasteiger partial charge in [-0.3, -0.25) is 0 Å². The molecule has 0 aromatic heterocycles. The van der Waals surface area contributed by atoms with Gasteiger partial charge in [0, 0.05) is 0 Å². The number of fused-ring (bicyclic) bond motifs is 14. The maximum Gasteiger partial charge on any atom is 0.0876 e. The smallest absolute Gasteiger partial charge is 0.0876 e. The molecule has 2 nitrogen and oxygen atoms in total. The van der Waals surface area contributed by atoms with Gasteiger partial charge in [-0.1, -0.05) is 6.92 Å². The van der Waals surface area contributed by atoms with Crippen molar-refractivity contribution < 1.29 is 9.47 Å². The molecule has 14 unspecified atom stereocenters. The second-order valence-corrected chi connectivity index (χ2v) is 9.19. The largest absolute Gasteiger partial charge is 0.369 e. The molecule has 6 aliphatic carbocycles. The molecule has 0 amide bonds. The zero-order valence-corrected chi connectivity index (χ0v) is 11.2. The number of ether oxygens (including phenoxy) is 2. The van der Waals surface area contributed by atoms with E-state index < -0.39 is 0 Å². The van der Waals surface area contributed by atoms with E-state index in [0.717, 1.165) is 64.8 Å². The third-order valence-corrected chi connectivity index (χ3v) is 9.56. The second kappa shape index (κ2) is 2.14. The summed E-state index contributed by atoms with van der Waals surface area (Å²) in [6, 6.07) is 0. The van der Waals surface area contributed by atoms with E-state index in [9.17, 15) is 0 Å². The second-order valence-electron chi connectivity index (χ2n) is 9.19. The van der Waals surface area contributed by atoms with Gasteiger partial charge in [-0.25, -0.2) is 0 Å². The Morgan fingerprint density at radius 3 is 2.63 bits per heavy atom. The highest BCUT2D eigenvalue weighted by Gasteiger charge is 2.93. The Kier molecular flexibility index (Phi) is 1.02. The van der Waals surface area contributed by atoms with Gasteiger partial charge in [-0.2, -0.15) is 0 Å². The Hall–Kier alpha value is -0.0800. The van der Waals surface area contributed by atoms with Crippen molar-refractivity contribution in [3.8, 4) is 0 Å². The Bertz CT molecular complexity index is 559. The lowest BCUT2D eigenvalue weighted by molar-refractivity contribution is -0.102. The zero-order valence-electron chi connectivity index (χ0n) is 11.2. The van der Waals surface area contributed by atoms with Crippen LogP contribution in [0.5, 0.6) is 0 Å². The minimum absolute atomic E-state index is 0.698. The van der Waals surface area contributed by atoms with E-state index in [1.165, 1.54) is 12.8 Å². The van der Waals surface area contributed by atoms with Crippen LogP contribution in [0, 0.1) is 58.7 Å². The first kappa shape index (κ1) is 9.04. The lowest BCUT2D eigenvalue weighted by Crippen LogP contribution is -2.56. The predicted octanol–water partition coefficient (Wildman–Crippen LogP) is 1.94. The molecule has 2 aliphatic heterocycles. The Morgan fingerprint density at radius 1 is 0.789 bits per heavy atom. The summed E-state index contributed by atoms with van der Waals surface area (Å²) in [5.74, 6) is 9.41. The van der Waals surface area contributed by atoms with Crippen molar-refractivity contribution in [3.05, 3.63) is 0 Å². The fourth-order valence-electron chi connectivity index (χ4n) is 9.56. The molecule has 2 heteroatoms. The topological polar surface area (TPSA) is 25.1 Å². The van der Waals surface area contributed by atoms with Crippen molar-refractivity contribution in [1.82, 2.24) is 0 Å². The lowest BCUT2D eigenvalue weighted by atomic mass is 9.47. The Morgan fingerprint density at radius 2 is 1.68 bits per heavy atom. The van der Waals surface area contributed by atoms with Crippen LogP contribution in [0.3, 0.4) is 0 Å². The van der Waals surface area contributed by atoms with Gasteiger partial charge in [-0.15, -0.1) is 0 Å². The van der Waals surface area contributed by atoms with Crippen LogP contribution in [0.15, 0.2) is 0 Å². The summed E-state index contributed by atoms with van der Waals surface area (Å²) in [5.41, 5.74) is 0.813. The van der Waals surface area contributed by atoms with E-state index in [1.807, 2.05) is 0 Å². The van der Waals surface area contributed by atoms with E-state index in [0.29, 0.717) is 18.3 Å². The quantitative estimate of drug-likeness (QED) is 0.619. The summed E-state index contributed by atoms with van der Waals surface area (Å²) < 4.78 is 12.0. The molecule has 8 fully saturated rings. The number of hydrogen-bond acceptors (Lipinski definition) is 2. The van der Waals surface area contributed by atoms with Crippen LogP contribution in [0.1, 0.15) is 19.8 Å². The maximum atomic E-state index is 6.00. The van der Waals surface area contributed by atoms with Crippen LogP contribution in [-0.4, -0.2) is 24.4 Å². The minimum atomic E-state index is 0.698. The van der Waals surface area contributed by atoms with Gasteiger partial charge < -0.3 is 9.47 Å². The molecule has 0 aromatic rings. The van der Waals surface area contributed by atoms with Gasteiger partial charge >= 0.3 is 0 Å². The van der Waals surface area contributed by atoms with Gasteiger partial charge in [-0.05, 0) is 71.5 Å². The average Bonchev–Trinajstić information content (AvgIpc) is 3.31. The first-order valence-corrected chi connectivity index (χ1v) is 8.64. The molecule has 0 N–H and O–H groups in total. The van der Waals surface area contributed by atoms with E-state index in [4.69, 9.17) is 9.47 Å². The number of epoxide rings is 2. The molecule has 1 spiro atoms. The molecule has 100 valence electrons. The van der Waals surface area contributed by atoms with Crippen LogP contribution < -0.4 is 0 Å². The van der Waals surface area contributed by atoms with Crippen molar-refractivity contribution in [1.29, 1.82) is 0 Å². The average molecular weight is 256 g/mol. The van der Waals surface area contributed by atoms with Crippen molar-refractivity contribution in [2.45, 2.75) is 44.2 Å². The normalized spacial score (nSPS) is 89.2. The number of hydrogen-bond donors (Lipinski definition) is 0. The fourth-order valence-corrected chi connectivity index (χ4v) is 9.56. The van der Waals surface area contributed by atoms with E-state index in [1.54, 1.807) is 0 Å². The van der Waals surface area contributed by atoms with E-state index in [2.05, 4.69) is 6.92 Å². The summed E-state index contributed by atoms with van der Waals surface area (Å²) in [6.07, 6.45) is 5.81. The van der Waals surface area contributed by atoms with Crippen molar-refractivity contribution >= 4 is 0 Å². The molecule has 2 heterocycles. The van der Waals surface area contributed by atoms with Crippen LogP contribution in [-0.2, 0) is 9.47 Å². The Balaban J connectivity index is 1.33. The van der Waals surface area contributed by atoms with Crippen LogP contribution in [0.2, 0.25) is 0 Å². The predicted molar refractivity (Wildman–Crippen MR) is 66.1 cm³/mol. The number of rotatable bonds is 0. The van der Waals surface area contributed by atoms with Gasteiger partial charge in [0.05, 0.1) is 24.4 Å². The molecule has 14 atom stereocenters.